The molecule has 0 saturated carbocycles. The van der Waals surface area contributed by atoms with Gasteiger partial charge in [0.2, 0.25) is 0 Å². The molecule has 7 nitrogen and oxygen atoms in total. The molecule has 1 saturated heterocycles. The zero-order chi connectivity index (χ0) is 21.1. The van der Waals surface area contributed by atoms with Crippen LogP contribution in [0.25, 0.3) is 11.5 Å². The van der Waals surface area contributed by atoms with Gasteiger partial charge in [0.05, 0.1) is 7.11 Å². The number of aromatic nitrogens is 3. The molecule has 3 heterocycles. The Bertz CT molecular complexity index is 1050. The minimum absolute atomic E-state index is 0.0262. The van der Waals surface area contributed by atoms with Crippen molar-refractivity contribution < 1.29 is 9.53 Å². The molecular formula is C23H25N5O2. The molecule has 2 aromatic heterocycles. The molecule has 0 atom stereocenters. The molecule has 0 unspecified atom stereocenters. The van der Waals surface area contributed by atoms with E-state index in [1.807, 2.05) is 55.1 Å². The van der Waals surface area contributed by atoms with Crippen molar-refractivity contribution in [3.05, 3.63) is 65.5 Å². The summed E-state index contributed by atoms with van der Waals surface area (Å²) in [6, 6.07) is 13.0. The van der Waals surface area contributed by atoms with Crippen LogP contribution in [0.2, 0.25) is 0 Å². The Morgan fingerprint density at radius 2 is 1.80 bits per heavy atom. The number of hydrogen-bond acceptors (Lipinski definition) is 6. The fourth-order valence-corrected chi connectivity index (χ4v) is 3.59. The Morgan fingerprint density at radius 3 is 2.50 bits per heavy atom. The fourth-order valence-electron chi connectivity index (χ4n) is 3.59. The molecule has 1 aromatic carbocycles. The summed E-state index contributed by atoms with van der Waals surface area (Å²) < 4.78 is 5.24. The number of hydrogen-bond donors (Lipinski definition) is 0. The first-order valence-electron chi connectivity index (χ1n) is 10.0. The molecule has 30 heavy (non-hydrogen) atoms. The Morgan fingerprint density at radius 1 is 1.00 bits per heavy atom. The summed E-state index contributed by atoms with van der Waals surface area (Å²) in [5, 5.41) is 0. The summed E-state index contributed by atoms with van der Waals surface area (Å²) in [6.45, 7) is 6.74. The van der Waals surface area contributed by atoms with Gasteiger partial charge < -0.3 is 14.5 Å². The van der Waals surface area contributed by atoms with Crippen molar-refractivity contribution >= 4 is 11.7 Å². The highest BCUT2D eigenvalue weighted by Gasteiger charge is 2.25. The van der Waals surface area contributed by atoms with Crippen LogP contribution < -0.4 is 9.64 Å². The molecule has 0 N–H and O–H groups in total. The fraction of sp³-hybridized carbons (Fsp3) is 0.304. The summed E-state index contributed by atoms with van der Waals surface area (Å²) >= 11 is 0. The van der Waals surface area contributed by atoms with E-state index in [1.165, 1.54) is 0 Å². The monoisotopic (exact) mass is 403 g/mol. The van der Waals surface area contributed by atoms with Crippen molar-refractivity contribution in [2.24, 2.45) is 0 Å². The molecule has 0 spiro atoms. The van der Waals surface area contributed by atoms with Crippen molar-refractivity contribution in [2.75, 3.05) is 38.2 Å². The van der Waals surface area contributed by atoms with E-state index in [4.69, 9.17) is 9.72 Å². The smallest absolute Gasteiger partial charge is 0.254 e. The van der Waals surface area contributed by atoms with Crippen LogP contribution in [0.1, 0.15) is 21.6 Å². The van der Waals surface area contributed by atoms with Gasteiger partial charge in [0.15, 0.2) is 5.82 Å². The first-order chi connectivity index (χ1) is 14.6. The quantitative estimate of drug-likeness (QED) is 0.667. The van der Waals surface area contributed by atoms with Crippen LogP contribution in [0, 0.1) is 13.8 Å². The molecule has 1 aliphatic heterocycles. The lowest BCUT2D eigenvalue weighted by Gasteiger charge is -2.36. The molecule has 1 fully saturated rings. The van der Waals surface area contributed by atoms with Crippen molar-refractivity contribution in [2.45, 2.75) is 13.8 Å². The van der Waals surface area contributed by atoms with E-state index >= 15 is 0 Å². The van der Waals surface area contributed by atoms with E-state index in [2.05, 4.69) is 14.9 Å². The number of ether oxygens (including phenoxy) is 1. The summed E-state index contributed by atoms with van der Waals surface area (Å²) in [4.78, 5) is 30.8. The third-order valence-electron chi connectivity index (χ3n) is 5.44. The van der Waals surface area contributed by atoms with E-state index in [0.717, 1.165) is 22.8 Å². The predicted molar refractivity (Wildman–Crippen MR) is 116 cm³/mol. The highest BCUT2D eigenvalue weighted by Crippen LogP contribution is 2.25. The van der Waals surface area contributed by atoms with Crippen molar-refractivity contribution in [1.82, 2.24) is 19.9 Å². The number of benzene rings is 1. The van der Waals surface area contributed by atoms with Crippen molar-refractivity contribution in [1.29, 1.82) is 0 Å². The number of anilines is 1. The molecule has 3 aromatic rings. The minimum atomic E-state index is 0.0262. The Balaban J connectivity index is 1.51. The second kappa shape index (κ2) is 8.49. The summed E-state index contributed by atoms with van der Waals surface area (Å²) in [5.74, 6) is 2.26. The Hall–Kier alpha value is -3.48. The normalized spacial score (nSPS) is 14.0. The zero-order valence-corrected chi connectivity index (χ0v) is 17.5. The lowest BCUT2D eigenvalue weighted by molar-refractivity contribution is 0.0746. The third kappa shape index (κ3) is 3.96. The lowest BCUT2D eigenvalue weighted by Crippen LogP contribution is -2.49. The summed E-state index contributed by atoms with van der Waals surface area (Å²) in [7, 11) is 1.60. The first kappa shape index (κ1) is 19.8. The van der Waals surface area contributed by atoms with Crippen LogP contribution in [0.4, 0.5) is 5.82 Å². The average molecular weight is 403 g/mol. The van der Waals surface area contributed by atoms with Gasteiger partial charge in [0.25, 0.3) is 5.91 Å². The maximum absolute atomic E-state index is 12.9. The molecule has 0 bridgehead atoms. The van der Waals surface area contributed by atoms with Gasteiger partial charge in [-0.2, -0.15) is 0 Å². The molecular weight excluding hydrogens is 378 g/mol. The standard InChI is InChI=1S/C23H25N5O2/c1-16-17(2)25-21(20-9-4-5-10-24-20)26-22(16)27-11-13-28(14-12-27)23(29)18-7-6-8-19(15-18)30-3/h4-10,15H,11-14H2,1-3H3. The van der Waals surface area contributed by atoms with E-state index in [9.17, 15) is 4.79 Å². The highest BCUT2D eigenvalue weighted by molar-refractivity contribution is 5.94. The maximum atomic E-state index is 12.9. The van der Waals surface area contributed by atoms with Gasteiger partial charge in [-0.25, -0.2) is 9.97 Å². The van der Waals surface area contributed by atoms with Gasteiger partial charge in [-0.3, -0.25) is 9.78 Å². The van der Waals surface area contributed by atoms with Crippen LogP contribution in [-0.4, -0.2) is 59.0 Å². The van der Waals surface area contributed by atoms with E-state index in [-0.39, 0.29) is 5.91 Å². The van der Waals surface area contributed by atoms with E-state index in [1.54, 1.807) is 19.4 Å². The molecule has 1 amide bonds. The SMILES string of the molecule is COc1cccc(C(=O)N2CCN(c3nc(-c4ccccn4)nc(C)c3C)CC2)c1. The number of piperazine rings is 1. The number of carbonyl (C=O) groups excluding carboxylic acids is 1. The van der Waals surface area contributed by atoms with Gasteiger partial charge in [-0.15, -0.1) is 0 Å². The molecule has 154 valence electrons. The minimum Gasteiger partial charge on any atom is -0.497 e. The number of amides is 1. The van der Waals surface area contributed by atoms with Gasteiger partial charge in [0.1, 0.15) is 17.3 Å². The Labute approximate surface area is 176 Å². The zero-order valence-electron chi connectivity index (χ0n) is 17.5. The van der Waals surface area contributed by atoms with Crippen LogP contribution in [0.3, 0.4) is 0 Å². The predicted octanol–water partition coefficient (Wildman–Crippen LogP) is 3.13. The highest BCUT2D eigenvalue weighted by atomic mass is 16.5. The van der Waals surface area contributed by atoms with Crippen LogP contribution >= 0.6 is 0 Å². The lowest BCUT2D eigenvalue weighted by atomic mass is 10.1. The van der Waals surface area contributed by atoms with Gasteiger partial charge >= 0.3 is 0 Å². The van der Waals surface area contributed by atoms with Crippen molar-refractivity contribution in [3.63, 3.8) is 0 Å². The average Bonchev–Trinajstić information content (AvgIpc) is 2.81. The number of rotatable bonds is 4. The third-order valence-corrected chi connectivity index (χ3v) is 5.44. The molecule has 0 radical (unpaired) electrons. The summed E-state index contributed by atoms with van der Waals surface area (Å²) in [6.07, 6.45) is 1.75. The molecule has 1 aliphatic rings. The van der Waals surface area contributed by atoms with Gasteiger partial charge in [-0.1, -0.05) is 12.1 Å². The number of carbonyl (C=O) groups is 1. The molecule has 0 aliphatic carbocycles. The summed E-state index contributed by atoms with van der Waals surface area (Å²) in [5.41, 5.74) is 3.40. The number of methoxy groups -OCH3 is 1. The molecule has 4 rings (SSSR count). The second-order valence-electron chi connectivity index (χ2n) is 7.31. The Kier molecular flexibility index (Phi) is 5.61. The van der Waals surface area contributed by atoms with Crippen LogP contribution in [0.15, 0.2) is 48.7 Å². The van der Waals surface area contributed by atoms with E-state index in [0.29, 0.717) is 43.3 Å². The van der Waals surface area contributed by atoms with Crippen LogP contribution in [0.5, 0.6) is 5.75 Å². The van der Waals surface area contributed by atoms with Gasteiger partial charge in [0, 0.05) is 49.2 Å². The first-order valence-corrected chi connectivity index (χ1v) is 10.0. The van der Waals surface area contributed by atoms with E-state index < -0.39 is 0 Å². The topological polar surface area (TPSA) is 71.5 Å². The molecule has 7 heteroatoms. The maximum Gasteiger partial charge on any atom is 0.254 e. The second-order valence-corrected chi connectivity index (χ2v) is 7.31. The van der Waals surface area contributed by atoms with Crippen molar-refractivity contribution in [3.8, 4) is 17.3 Å². The van der Waals surface area contributed by atoms with Crippen LogP contribution in [-0.2, 0) is 0 Å². The number of nitrogens with zero attached hydrogens (tertiary/aromatic N) is 5. The number of pyridine rings is 1. The number of aryl methyl sites for hydroxylation is 1. The largest absolute Gasteiger partial charge is 0.497 e. The van der Waals surface area contributed by atoms with Gasteiger partial charge in [-0.05, 0) is 44.2 Å².